The van der Waals surface area contributed by atoms with Gasteiger partial charge in [-0.05, 0) is 42.8 Å². The molecule has 1 saturated carbocycles. The Morgan fingerprint density at radius 2 is 1.82 bits per heavy atom. The molecule has 2 aliphatic rings. The number of anilines is 1. The van der Waals surface area contributed by atoms with Crippen molar-refractivity contribution in [3.63, 3.8) is 0 Å². The number of halogens is 4. The van der Waals surface area contributed by atoms with Crippen LogP contribution in [0.3, 0.4) is 0 Å². The smallest absolute Gasteiger partial charge is 0.258 e. The molecule has 2 atom stereocenters. The van der Waals surface area contributed by atoms with Crippen LogP contribution in [-0.2, 0) is 0 Å². The number of benzene rings is 2. The van der Waals surface area contributed by atoms with Crippen molar-refractivity contribution in [1.29, 1.82) is 0 Å². The van der Waals surface area contributed by atoms with Gasteiger partial charge in [0.05, 0.1) is 22.4 Å². The summed E-state index contributed by atoms with van der Waals surface area (Å²) in [5, 5.41) is 2.73. The average Bonchev–Trinajstić information content (AvgIpc) is 3.00. The van der Waals surface area contributed by atoms with Crippen LogP contribution in [0.25, 0.3) is 0 Å². The maximum absolute atomic E-state index is 13.4. The number of carbonyl (C=O) groups excluding carboxylic acids is 2. The van der Waals surface area contributed by atoms with Crippen molar-refractivity contribution in [3.8, 4) is 0 Å². The first-order chi connectivity index (χ1) is 13.2. The number of aryl methyl sites for hydroxylation is 1. The van der Waals surface area contributed by atoms with Gasteiger partial charge in [-0.2, -0.15) is 0 Å². The van der Waals surface area contributed by atoms with E-state index < -0.39 is 29.5 Å². The van der Waals surface area contributed by atoms with E-state index in [4.69, 9.17) is 11.6 Å². The topological polar surface area (TPSA) is 49.4 Å². The monoisotopic (exact) mass is 408 g/mol. The molecular formula is C20H16ClF3N2O2. The third-order valence-electron chi connectivity index (χ3n) is 5.39. The van der Waals surface area contributed by atoms with Crippen LogP contribution in [0.5, 0.6) is 0 Å². The van der Waals surface area contributed by atoms with Crippen LogP contribution in [0.4, 0.5) is 18.9 Å². The minimum Gasteiger partial charge on any atom is -0.338 e. The van der Waals surface area contributed by atoms with Gasteiger partial charge in [0, 0.05) is 24.3 Å². The lowest BCUT2D eigenvalue weighted by atomic mass is 10.1. The summed E-state index contributed by atoms with van der Waals surface area (Å²) in [7, 11) is 0. The molecule has 2 fully saturated rings. The van der Waals surface area contributed by atoms with Crippen LogP contribution < -0.4 is 5.32 Å². The zero-order valence-corrected chi connectivity index (χ0v) is 15.6. The molecule has 1 saturated heterocycles. The minimum atomic E-state index is -2.66. The molecule has 1 heterocycles. The van der Waals surface area contributed by atoms with Crippen molar-refractivity contribution in [2.75, 3.05) is 18.4 Å². The van der Waals surface area contributed by atoms with E-state index in [1.165, 1.54) is 17.0 Å². The van der Waals surface area contributed by atoms with E-state index in [1.807, 2.05) is 0 Å². The van der Waals surface area contributed by atoms with Gasteiger partial charge in [-0.3, -0.25) is 9.59 Å². The summed E-state index contributed by atoms with van der Waals surface area (Å²) in [6.07, 6.45) is 0. The third kappa shape index (κ3) is 3.13. The zero-order chi connectivity index (χ0) is 20.2. The number of nitrogens with zero attached hydrogens (tertiary/aromatic N) is 1. The van der Waals surface area contributed by atoms with Crippen molar-refractivity contribution in [2.45, 2.75) is 12.8 Å². The normalized spacial score (nSPS) is 22.0. The quantitative estimate of drug-likeness (QED) is 0.819. The van der Waals surface area contributed by atoms with E-state index >= 15 is 0 Å². The molecule has 2 unspecified atom stereocenters. The number of hydrogen-bond donors (Lipinski definition) is 1. The number of hydrogen-bond acceptors (Lipinski definition) is 2. The third-order valence-corrected chi connectivity index (χ3v) is 5.72. The zero-order valence-electron chi connectivity index (χ0n) is 14.8. The van der Waals surface area contributed by atoms with Crippen molar-refractivity contribution in [3.05, 3.63) is 63.9 Å². The van der Waals surface area contributed by atoms with Gasteiger partial charge in [0.2, 0.25) is 0 Å². The molecule has 0 radical (unpaired) electrons. The van der Waals surface area contributed by atoms with E-state index in [1.54, 1.807) is 19.1 Å². The minimum absolute atomic E-state index is 0.0281. The summed E-state index contributed by atoms with van der Waals surface area (Å²) in [5.41, 5.74) is 1.31. The lowest BCUT2D eigenvalue weighted by Crippen LogP contribution is -2.33. The van der Waals surface area contributed by atoms with Gasteiger partial charge >= 0.3 is 0 Å². The number of rotatable bonds is 3. The van der Waals surface area contributed by atoms with Crippen LogP contribution in [0.1, 0.15) is 26.3 Å². The second-order valence-electron chi connectivity index (χ2n) is 7.21. The predicted molar refractivity (Wildman–Crippen MR) is 98.4 cm³/mol. The second-order valence-corrected chi connectivity index (χ2v) is 7.61. The Morgan fingerprint density at radius 1 is 1.14 bits per heavy atom. The Hall–Kier alpha value is -2.54. The molecule has 4 rings (SSSR count). The van der Waals surface area contributed by atoms with Crippen molar-refractivity contribution in [1.82, 2.24) is 4.90 Å². The maximum Gasteiger partial charge on any atom is 0.258 e. The van der Waals surface area contributed by atoms with Crippen LogP contribution in [-0.4, -0.2) is 35.7 Å². The van der Waals surface area contributed by atoms with Gasteiger partial charge in [0.15, 0.2) is 0 Å². The molecule has 4 nitrogen and oxygen atoms in total. The van der Waals surface area contributed by atoms with E-state index in [-0.39, 0.29) is 35.1 Å². The first kappa shape index (κ1) is 18.8. The summed E-state index contributed by atoms with van der Waals surface area (Å²) < 4.78 is 40.1. The van der Waals surface area contributed by atoms with Crippen molar-refractivity contribution in [2.24, 2.45) is 11.8 Å². The van der Waals surface area contributed by atoms with Crippen molar-refractivity contribution < 1.29 is 22.8 Å². The largest absolute Gasteiger partial charge is 0.338 e. The summed E-state index contributed by atoms with van der Waals surface area (Å²) in [5.74, 6) is -5.73. The molecule has 2 aromatic carbocycles. The van der Waals surface area contributed by atoms with Gasteiger partial charge in [0.1, 0.15) is 5.82 Å². The van der Waals surface area contributed by atoms with Crippen LogP contribution >= 0.6 is 11.6 Å². The Labute approximate surface area is 164 Å². The molecule has 0 spiro atoms. The van der Waals surface area contributed by atoms with Gasteiger partial charge in [-0.15, -0.1) is 0 Å². The van der Waals surface area contributed by atoms with E-state index in [2.05, 4.69) is 5.32 Å². The summed E-state index contributed by atoms with van der Waals surface area (Å²) in [6, 6.07) is 8.19. The standard InChI is InChI=1S/C20H16ClF3N2O2/c1-10-2-3-11(19(28)26-8-14-15(9-26)20(14,23)24)6-17(10)25-18(27)13-7-12(22)4-5-16(13)21/h2-7,14-15H,8-9H2,1H3,(H,25,27). The molecule has 2 amide bonds. The molecule has 0 aromatic heterocycles. The first-order valence-electron chi connectivity index (χ1n) is 8.72. The Kier molecular flexibility index (Phi) is 4.38. The highest BCUT2D eigenvalue weighted by Gasteiger charge is 2.72. The summed E-state index contributed by atoms with van der Waals surface area (Å²) >= 11 is 5.96. The molecule has 1 aliphatic heterocycles. The highest BCUT2D eigenvalue weighted by molar-refractivity contribution is 6.34. The number of piperidine rings is 1. The first-order valence-corrected chi connectivity index (χ1v) is 9.10. The van der Waals surface area contributed by atoms with Crippen LogP contribution in [0.15, 0.2) is 36.4 Å². The highest BCUT2D eigenvalue weighted by Crippen LogP contribution is 2.59. The van der Waals surface area contributed by atoms with Crippen molar-refractivity contribution >= 4 is 29.1 Å². The maximum atomic E-state index is 13.4. The Morgan fingerprint density at radius 3 is 2.50 bits per heavy atom. The van der Waals surface area contributed by atoms with Gasteiger partial charge in [-0.1, -0.05) is 17.7 Å². The van der Waals surface area contributed by atoms with Crippen LogP contribution in [0, 0.1) is 24.6 Å². The van der Waals surface area contributed by atoms with Crippen LogP contribution in [0.2, 0.25) is 5.02 Å². The Balaban J connectivity index is 1.52. The fraction of sp³-hybridized carbons (Fsp3) is 0.300. The Bertz CT molecular complexity index is 981. The number of alkyl halides is 2. The highest BCUT2D eigenvalue weighted by atomic mass is 35.5. The number of carbonyl (C=O) groups is 2. The molecule has 1 aliphatic carbocycles. The molecule has 1 N–H and O–H groups in total. The molecule has 8 heteroatoms. The van der Waals surface area contributed by atoms with E-state index in [0.29, 0.717) is 11.3 Å². The number of fused-ring (bicyclic) bond motifs is 1. The SMILES string of the molecule is Cc1ccc(C(=O)N2CC3C(C2)C3(F)F)cc1NC(=O)c1cc(F)ccc1Cl. The number of nitrogens with one attached hydrogen (secondary N) is 1. The average molecular weight is 409 g/mol. The number of likely N-dealkylation sites (tertiary alicyclic amines) is 1. The van der Waals surface area contributed by atoms with Gasteiger partial charge in [0.25, 0.3) is 17.7 Å². The molecule has 0 bridgehead atoms. The predicted octanol–water partition coefficient (Wildman–Crippen LogP) is 4.38. The van der Waals surface area contributed by atoms with E-state index in [0.717, 1.165) is 12.1 Å². The fourth-order valence-corrected chi connectivity index (χ4v) is 3.81. The molecular weight excluding hydrogens is 393 g/mol. The number of amides is 2. The molecule has 146 valence electrons. The second kappa shape index (κ2) is 6.51. The van der Waals surface area contributed by atoms with Gasteiger partial charge < -0.3 is 10.2 Å². The lowest BCUT2D eigenvalue weighted by Gasteiger charge is -2.20. The fourth-order valence-electron chi connectivity index (χ4n) is 3.61. The molecule has 28 heavy (non-hydrogen) atoms. The lowest BCUT2D eigenvalue weighted by molar-refractivity contribution is 0.0458. The van der Waals surface area contributed by atoms with Gasteiger partial charge in [-0.25, -0.2) is 13.2 Å². The summed E-state index contributed by atoms with van der Waals surface area (Å²) in [6.45, 7) is 1.80. The summed E-state index contributed by atoms with van der Waals surface area (Å²) in [4.78, 5) is 26.5. The molecule has 2 aromatic rings. The van der Waals surface area contributed by atoms with E-state index in [9.17, 15) is 22.8 Å².